The number of nitrogens with one attached hydrogen (secondary N) is 1. The lowest BCUT2D eigenvalue weighted by atomic mass is 9.84. The highest BCUT2D eigenvalue weighted by Crippen LogP contribution is 2.38. The molecule has 0 amide bonds. The maximum atomic E-state index is 12.8. The van der Waals surface area contributed by atoms with Crippen LogP contribution < -0.4 is 10.1 Å². The second-order valence-corrected chi connectivity index (χ2v) is 5.49. The minimum absolute atomic E-state index is 0.0652. The summed E-state index contributed by atoms with van der Waals surface area (Å²) >= 11 is 0. The van der Waals surface area contributed by atoms with Crippen LogP contribution in [0.4, 0.5) is 4.39 Å². The van der Waals surface area contributed by atoms with Crippen LogP contribution in [0.3, 0.4) is 0 Å². The zero-order chi connectivity index (χ0) is 15.3. The van der Waals surface area contributed by atoms with Crippen LogP contribution in [-0.2, 0) is 4.79 Å². The molecule has 1 aliphatic rings. The fraction of sp³-hybridized carbons (Fsp3) is 0.562. The largest absolute Gasteiger partial charge is 0.494 e. The molecule has 0 aliphatic heterocycles. The molecule has 0 spiro atoms. The Morgan fingerprint density at radius 1 is 1.48 bits per heavy atom. The molecule has 1 aromatic rings. The van der Waals surface area contributed by atoms with E-state index in [2.05, 4.69) is 5.32 Å². The molecule has 1 saturated carbocycles. The van der Waals surface area contributed by atoms with E-state index in [1.165, 1.54) is 12.1 Å². The van der Waals surface area contributed by atoms with Crippen molar-refractivity contribution < 1.29 is 19.0 Å². The molecule has 116 valence electrons. The molecule has 0 heterocycles. The quantitative estimate of drug-likeness (QED) is 0.812. The van der Waals surface area contributed by atoms with Crippen molar-refractivity contribution in [1.82, 2.24) is 5.32 Å². The molecule has 2 rings (SSSR count). The molecule has 0 bridgehead atoms. The van der Waals surface area contributed by atoms with Gasteiger partial charge in [0, 0.05) is 0 Å². The Kier molecular flexibility index (Phi) is 5.17. The summed E-state index contributed by atoms with van der Waals surface area (Å²) in [6.07, 6.45) is 3.15. The van der Waals surface area contributed by atoms with Crippen molar-refractivity contribution in [2.75, 3.05) is 13.2 Å². The second-order valence-electron chi connectivity index (χ2n) is 5.49. The molecule has 2 unspecified atom stereocenters. The van der Waals surface area contributed by atoms with Crippen molar-refractivity contribution in [3.63, 3.8) is 0 Å². The number of halogens is 1. The maximum absolute atomic E-state index is 12.8. The van der Waals surface area contributed by atoms with Crippen LogP contribution >= 0.6 is 0 Å². The van der Waals surface area contributed by atoms with Crippen LogP contribution in [0, 0.1) is 11.7 Å². The lowest BCUT2D eigenvalue weighted by molar-refractivity contribution is -0.146. The van der Waals surface area contributed by atoms with Gasteiger partial charge >= 0.3 is 5.97 Å². The highest BCUT2D eigenvalue weighted by molar-refractivity contribution is 5.79. The molecule has 1 aliphatic carbocycles. The van der Waals surface area contributed by atoms with Crippen LogP contribution in [-0.4, -0.2) is 29.8 Å². The number of benzene rings is 1. The van der Waals surface area contributed by atoms with Crippen molar-refractivity contribution in [1.29, 1.82) is 0 Å². The van der Waals surface area contributed by atoms with E-state index in [9.17, 15) is 14.3 Å². The van der Waals surface area contributed by atoms with E-state index >= 15 is 0 Å². The summed E-state index contributed by atoms with van der Waals surface area (Å²) in [6, 6.07) is 5.87. The number of hydrogen-bond donors (Lipinski definition) is 2. The maximum Gasteiger partial charge on any atom is 0.324 e. The summed E-state index contributed by atoms with van der Waals surface area (Å²) in [7, 11) is 0. The van der Waals surface area contributed by atoms with E-state index in [0.29, 0.717) is 31.7 Å². The number of carboxylic acids is 1. The summed E-state index contributed by atoms with van der Waals surface area (Å²) in [5.74, 6) is -0.391. The van der Waals surface area contributed by atoms with Crippen molar-refractivity contribution in [3.8, 4) is 5.75 Å². The topological polar surface area (TPSA) is 58.6 Å². The van der Waals surface area contributed by atoms with Gasteiger partial charge in [-0.1, -0.05) is 13.3 Å². The van der Waals surface area contributed by atoms with Gasteiger partial charge in [0.2, 0.25) is 0 Å². The highest BCUT2D eigenvalue weighted by Gasteiger charge is 2.48. The van der Waals surface area contributed by atoms with Crippen LogP contribution in [0.25, 0.3) is 0 Å². The van der Waals surface area contributed by atoms with Crippen molar-refractivity contribution in [2.24, 2.45) is 5.92 Å². The Balaban J connectivity index is 1.92. The molecular formula is C16H22FNO3. The molecule has 4 nitrogen and oxygen atoms in total. The third-order valence-corrected chi connectivity index (χ3v) is 4.24. The van der Waals surface area contributed by atoms with E-state index in [1.807, 2.05) is 6.92 Å². The highest BCUT2D eigenvalue weighted by atomic mass is 19.1. The first-order valence-corrected chi connectivity index (χ1v) is 7.45. The van der Waals surface area contributed by atoms with Crippen LogP contribution in [0.1, 0.15) is 32.6 Å². The first-order valence-electron chi connectivity index (χ1n) is 7.45. The van der Waals surface area contributed by atoms with Crippen LogP contribution in [0.5, 0.6) is 5.75 Å². The van der Waals surface area contributed by atoms with Crippen LogP contribution in [0.2, 0.25) is 0 Å². The number of aliphatic carboxylic acids is 1. The Morgan fingerprint density at radius 3 is 2.81 bits per heavy atom. The number of ether oxygens (including phenoxy) is 1. The standard InChI is InChI=1S/C16H22FNO3/c1-2-18-16(15(19)20)10-3-4-12(16)9-11-21-14-7-5-13(17)6-8-14/h5-8,12,18H,2-4,9-11H2,1H3,(H,19,20). The SMILES string of the molecule is CCNC1(C(=O)O)CCCC1CCOc1ccc(F)cc1. The predicted molar refractivity (Wildman–Crippen MR) is 77.9 cm³/mol. The van der Waals surface area contributed by atoms with Gasteiger partial charge in [0.05, 0.1) is 6.61 Å². The lowest BCUT2D eigenvalue weighted by Crippen LogP contribution is -2.55. The Labute approximate surface area is 124 Å². The predicted octanol–water partition coefficient (Wildman–Crippen LogP) is 2.83. The van der Waals surface area contributed by atoms with Crippen molar-refractivity contribution >= 4 is 5.97 Å². The summed E-state index contributed by atoms with van der Waals surface area (Å²) in [5, 5.41) is 12.7. The third kappa shape index (κ3) is 3.53. The van der Waals surface area contributed by atoms with E-state index in [1.54, 1.807) is 12.1 Å². The van der Waals surface area contributed by atoms with Gasteiger partial charge in [-0.25, -0.2) is 4.39 Å². The zero-order valence-corrected chi connectivity index (χ0v) is 12.3. The van der Waals surface area contributed by atoms with Gasteiger partial charge in [-0.15, -0.1) is 0 Å². The summed E-state index contributed by atoms with van der Waals surface area (Å²) in [5.41, 5.74) is -0.819. The number of carbonyl (C=O) groups is 1. The Morgan fingerprint density at radius 2 is 2.19 bits per heavy atom. The molecule has 0 radical (unpaired) electrons. The number of likely N-dealkylation sites (N-methyl/N-ethyl adjacent to an activating group) is 1. The van der Waals surface area contributed by atoms with E-state index in [-0.39, 0.29) is 11.7 Å². The first-order chi connectivity index (χ1) is 10.1. The molecule has 1 aromatic carbocycles. The smallest absolute Gasteiger partial charge is 0.324 e. The van der Waals surface area contributed by atoms with Gasteiger partial charge in [0.15, 0.2) is 0 Å². The number of hydrogen-bond acceptors (Lipinski definition) is 3. The minimum atomic E-state index is -0.819. The number of carboxylic acid groups (broad SMARTS) is 1. The van der Waals surface area contributed by atoms with Gasteiger partial charge in [0.25, 0.3) is 0 Å². The average Bonchev–Trinajstić information content (AvgIpc) is 2.86. The summed E-state index contributed by atoms with van der Waals surface area (Å²) in [6.45, 7) is 3.01. The van der Waals surface area contributed by atoms with Gasteiger partial charge in [-0.05, 0) is 56.0 Å². The zero-order valence-electron chi connectivity index (χ0n) is 12.3. The van der Waals surface area contributed by atoms with Gasteiger partial charge in [-0.3, -0.25) is 4.79 Å². The average molecular weight is 295 g/mol. The molecule has 1 fully saturated rings. The summed E-state index contributed by atoms with van der Waals surface area (Å²) < 4.78 is 18.4. The molecule has 0 aromatic heterocycles. The number of rotatable bonds is 7. The first kappa shape index (κ1) is 15.8. The Bertz CT molecular complexity index is 477. The van der Waals surface area contributed by atoms with Crippen molar-refractivity contribution in [3.05, 3.63) is 30.1 Å². The molecule has 0 saturated heterocycles. The van der Waals surface area contributed by atoms with Crippen LogP contribution in [0.15, 0.2) is 24.3 Å². The monoisotopic (exact) mass is 295 g/mol. The van der Waals surface area contributed by atoms with E-state index < -0.39 is 11.5 Å². The minimum Gasteiger partial charge on any atom is -0.494 e. The van der Waals surface area contributed by atoms with E-state index in [0.717, 1.165) is 12.8 Å². The molecular weight excluding hydrogens is 273 g/mol. The fourth-order valence-electron chi connectivity index (χ4n) is 3.22. The lowest BCUT2D eigenvalue weighted by Gasteiger charge is -2.32. The van der Waals surface area contributed by atoms with Gasteiger partial charge in [-0.2, -0.15) is 0 Å². The Hall–Kier alpha value is -1.62. The van der Waals surface area contributed by atoms with Gasteiger partial charge in [0.1, 0.15) is 17.1 Å². The van der Waals surface area contributed by atoms with E-state index in [4.69, 9.17) is 4.74 Å². The molecule has 5 heteroatoms. The normalized spacial score (nSPS) is 25.0. The molecule has 2 N–H and O–H groups in total. The molecule has 2 atom stereocenters. The fourth-order valence-corrected chi connectivity index (χ4v) is 3.22. The second kappa shape index (κ2) is 6.89. The summed E-state index contributed by atoms with van der Waals surface area (Å²) in [4.78, 5) is 11.6. The third-order valence-electron chi connectivity index (χ3n) is 4.24. The van der Waals surface area contributed by atoms with Gasteiger partial charge < -0.3 is 15.2 Å². The molecule has 21 heavy (non-hydrogen) atoms. The van der Waals surface area contributed by atoms with Crippen molar-refractivity contribution in [2.45, 2.75) is 38.1 Å².